The number of anilines is 4. The third-order valence-electron chi connectivity index (χ3n) is 3.30. The zero-order valence-corrected chi connectivity index (χ0v) is 11.9. The number of carboxylic acids is 2. The van der Waals surface area contributed by atoms with E-state index in [2.05, 4.69) is 4.98 Å². The third-order valence-corrected chi connectivity index (χ3v) is 3.30. The Bertz CT molecular complexity index is 895. The van der Waals surface area contributed by atoms with Crippen molar-refractivity contribution in [1.82, 2.24) is 4.98 Å². The number of hydrogen-bond donors (Lipinski definition) is 8. The summed E-state index contributed by atoms with van der Waals surface area (Å²) in [5.74, 6) is -5.48. The zero-order chi connectivity index (χ0) is 18.3. The Morgan fingerprint density at radius 3 is 2.00 bits per heavy atom. The molecule has 0 saturated carbocycles. The third kappa shape index (κ3) is 2.29. The van der Waals surface area contributed by atoms with E-state index in [0.717, 1.165) is 0 Å². The number of nitrogens with zero attached hydrogens (tertiary/aromatic N) is 1. The number of hydrogen-bond acceptors (Lipinski definition) is 9. The fourth-order valence-corrected chi connectivity index (χ4v) is 2.11. The monoisotopic (exact) mass is 335 g/mol. The van der Waals surface area contributed by atoms with E-state index in [9.17, 15) is 24.9 Å². The van der Waals surface area contributed by atoms with Crippen molar-refractivity contribution in [1.29, 1.82) is 0 Å². The van der Waals surface area contributed by atoms with Crippen molar-refractivity contribution in [2.45, 2.75) is 0 Å². The van der Waals surface area contributed by atoms with Crippen LogP contribution in [0, 0.1) is 0 Å². The van der Waals surface area contributed by atoms with E-state index in [1.165, 1.54) is 0 Å². The lowest BCUT2D eigenvalue weighted by molar-refractivity contribution is 0.0676. The molecular formula is C13H13N5O6. The van der Waals surface area contributed by atoms with E-state index in [1.807, 2.05) is 0 Å². The van der Waals surface area contributed by atoms with E-state index in [1.54, 1.807) is 0 Å². The second-order valence-corrected chi connectivity index (χ2v) is 4.74. The molecular weight excluding hydrogens is 322 g/mol. The lowest BCUT2D eigenvalue weighted by Crippen LogP contribution is -2.11. The summed E-state index contributed by atoms with van der Waals surface area (Å²) in [6, 6.07) is 0.588. The van der Waals surface area contributed by atoms with Crippen molar-refractivity contribution in [3.05, 3.63) is 17.2 Å². The highest BCUT2D eigenvalue weighted by Gasteiger charge is 2.29. The lowest BCUT2D eigenvalue weighted by Gasteiger charge is -2.16. The maximum atomic E-state index is 11.4. The molecule has 24 heavy (non-hydrogen) atoms. The highest BCUT2D eigenvalue weighted by atomic mass is 16.4. The number of carboxylic acid groups (broad SMARTS) is 2. The minimum Gasteiger partial charge on any atom is -0.507 e. The quantitative estimate of drug-likeness (QED) is 0.344. The van der Waals surface area contributed by atoms with Gasteiger partial charge in [0.05, 0.1) is 22.6 Å². The second kappa shape index (κ2) is 5.39. The van der Waals surface area contributed by atoms with Gasteiger partial charge < -0.3 is 43.4 Å². The first-order valence-corrected chi connectivity index (χ1v) is 6.23. The first-order chi connectivity index (χ1) is 11.1. The predicted octanol–water partition coefficient (Wildman–Crippen LogP) is -0.115. The van der Waals surface area contributed by atoms with Gasteiger partial charge in [-0.1, -0.05) is 0 Å². The molecule has 0 radical (unpaired) electrons. The number of rotatable bonds is 3. The van der Waals surface area contributed by atoms with Gasteiger partial charge in [0, 0.05) is 0 Å². The summed E-state index contributed by atoms with van der Waals surface area (Å²) < 4.78 is 0. The van der Waals surface area contributed by atoms with Gasteiger partial charge in [0.1, 0.15) is 34.1 Å². The van der Waals surface area contributed by atoms with E-state index in [4.69, 9.17) is 28.0 Å². The summed E-state index contributed by atoms with van der Waals surface area (Å²) in [6.45, 7) is 0. The molecule has 1 aromatic carbocycles. The van der Waals surface area contributed by atoms with Gasteiger partial charge in [-0.2, -0.15) is 0 Å². The van der Waals surface area contributed by atoms with Gasteiger partial charge in [0.25, 0.3) is 0 Å². The minimum atomic E-state index is -1.66. The molecule has 2 rings (SSSR count). The Hall–Kier alpha value is -3.89. The van der Waals surface area contributed by atoms with Gasteiger partial charge in [-0.05, 0) is 6.07 Å². The number of phenols is 2. The summed E-state index contributed by atoms with van der Waals surface area (Å²) in [6.07, 6.45) is 0. The number of aromatic carboxylic acids is 2. The van der Waals surface area contributed by atoms with Crippen LogP contribution in [0.2, 0.25) is 0 Å². The predicted molar refractivity (Wildman–Crippen MR) is 84.6 cm³/mol. The van der Waals surface area contributed by atoms with Gasteiger partial charge in [0.15, 0.2) is 0 Å². The number of nitrogens with two attached hydrogens (primary N) is 4. The SMILES string of the molecule is Nc1nc(-c2c(O)c(C(=O)O)cc(O)c2C(=O)O)c(N)c(N)c1N. The summed E-state index contributed by atoms with van der Waals surface area (Å²) in [7, 11) is 0. The number of pyridine rings is 1. The molecule has 11 nitrogen and oxygen atoms in total. The summed E-state index contributed by atoms with van der Waals surface area (Å²) >= 11 is 0. The average Bonchev–Trinajstić information content (AvgIpc) is 2.50. The van der Waals surface area contributed by atoms with Crippen LogP contribution < -0.4 is 22.9 Å². The number of aromatic hydroxyl groups is 2. The van der Waals surface area contributed by atoms with Crippen LogP contribution in [-0.4, -0.2) is 37.3 Å². The normalized spacial score (nSPS) is 10.5. The van der Waals surface area contributed by atoms with Crippen molar-refractivity contribution in [2.75, 3.05) is 22.9 Å². The fraction of sp³-hybridized carbons (Fsp3) is 0. The lowest BCUT2D eigenvalue weighted by atomic mass is 9.96. The largest absolute Gasteiger partial charge is 0.507 e. The van der Waals surface area contributed by atoms with Crippen LogP contribution >= 0.6 is 0 Å². The van der Waals surface area contributed by atoms with E-state index in [0.29, 0.717) is 6.07 Å². The molecule has 0 unspecified atom stereocenters. The van der Waals surface area contributed by atoms with Crippen LogP contribution in [0.4, 0.5) is 22.9 Å². The van der Waals surface area contributed by atoms with Crippen LogP contribution in [0.3, 0.4) is 0 Å². The summed E-state index contributed by atoms with van der Waals surface area (Å²) in [5, 5.41) is 38.4. The molecule has 0 aliphatic carbocycles. The number of aromatic nitrogens is 1. The fourth-order valence-electron chi connectivity index (χ4n) is 2.11. The standard InChI is InChI=1S/C13H13N5O6/c14-6-7(15)9(18-11(17)8(6)16)5-4(13(23)24)3(19)1-2(10(5)20)12(21)22/h1,19-20H,15-16H2,(H,21,22)(H,23,24)(H4,14,17,18). The van der Waals surface area contributed by atoms with Crippen molar-refractivity contribution in [2.24, 2.45) is 0 Å². The van der Waals surface area contributed by atoms with E-state index >= 15 is 0 Å². The Balaban J connectivity index is 3.03. The van der Waals surface area contributed by atoms with Gasteiger partial charge in [0.2, 0.25) is 0 Å². The Morgan fingerprint density at radius 2 is 1.50 bits per heavy atom. The molecule has 1 aromatic heterocycles. The number of nitrogen functional groups attached to an aromatic ring is 4. The molecule has 0 amide bonds. The topological polar surface area (TPSA) is 232 Å². The molecule has 12 N–H and O–H groups in total. The van der Waals surface area contributed by atoms with Crippen molar-refractivity contribution in [3.63, 3.8) is 0 Å². The average molecular weight is 335 g/mol. The first kappa shape index (κ1) is 16.5. The molecule has 0 aliphatic rings. The van der Waals surface area contributed by atoms with Gasteiger partial charge in [-0.25, -0.2) is 14.6 Å². The Labute approximate surface area is 133 Å². The van der Waals surface area contributed by atoms with Crippen LogP contribution in [-0.2, 0) is 0 Å². The molecule has 0 fully saturated rings. The van der Waals surface area contributed by atoms with Crippen LogP contribution in [0.15, 0.2) is 6.07 Å². The molecule has 0 saturated heterocycles. The zero-order valence-electron chi connectivity index (χ0n) is 11.9. The smallest absolute Gasteiger partial charge is 0.340 e. The maximum Gasteiger partial charge on any atom is 0.340 e. The summed E-state index contributed by atoms with van der Waals surface area (Å²) in [5.41, 5.74) is 19.1. The van der Waals surface area contributed by atoms with Crippen molar-refractivity contribution < 1.29 is 30.0 Å². The highest BCUT2D eigenvalue weighted by Crippen LogP contribution is 2.44. The Morgan fingerprint density at radius 1 is 0.917 bits per heavy atom. The molecule has 0 bridgehead atoms. The molecule has 0 spiro atoms. The molecule has 0 aliphatic heterocycles. The minimum absolute atomic E-state index is 0.161. The van der Waals surface area contributed by atoms with Gasteiger partial charge in [-0.3, -0.25) is 0 Å². The molecule has 2 aromatic rings. The summed E-state index contributed by atoms with van der Waals surface area (Å²) in [4.78, 5) is 26.4. The van der Waals surface area contributed by atoms with Crippen molar-refractivity contribution >= 4 is 34.8 Å². The molecule has 0 atom stereocenters. The first-order valence-electron chi connectivity index (χ1n) is 6.23. The van der Waals surface area contributed by atoms with Crippen molar-refractivity contribution in [3.8, 4) is 22.8 Å². The highest BCUT2D eigenvalue weighted by molar-refractivity contribution is 6.07. The van der Waals surface area contributed by atoms with Crippen LogP contribution in [0.1, 0.15) is 20.7 Å². The van der Waals surface area contributed by atoms with E-state index in [-0.39, 0.29) is 22.9 Å². The van der Waals surface area contributed by atoms with Crippen LogP contribution in [0.5, 0.6) is 11.5 Å². The van der Waals surface area contributed by atoms with Gasteiger partial charge >= 0.3 is 11.9 Å². The second-order valence-electron chi connectivity index (χ2n) is 4.74. The van der Waals surface area contributed by atoms with Crippen LogP contribution in [0.25, 0.3) is 11.3 Å². The Kier molecular flexibility index (Phi) is 3.70. The van der Waals surface area contributed by atoms with E-state index < -0.39 is 45.8 Å². The molecule has 1 heterocycles. The van der Waals surface area contributed by atoms with Gasteiger partial charge in [-0.15, -0.1) is 0 Å². The molecule has 11 heteroatoms. The molecule has 126 valence electrons. The maximum absolute atomic E-state index is 11.4. The number of carbonyl (C=O) groups is 2. The number of benzene rings is 1.